The van der Waals surface area contributed by atoms with Crippen molar-refractivity contribution in [1.29, 1.82) is 0 Å². The highest BCUT2D eigenvalue weighted by atomic mass is 35.5. The Bertz CT molecular complexity index is 965. The Morgan fingerprint density at radius 2 is 2.04 bits per heavy atom. The second kappa shape index (κ2) is 7.53. The minimum absolute atomic E-state index is 0.0902. The number of rotatable bonds is 5. The van der Waals surface area contributed by atoms with Crippen molar-refractivity contribution in [1.82, 2.24) is 14.9 Å². The van der Waals surface area contributed by atoms with Gasteiger partial charge in [0, 0.05) is 0 Å². The molecule has 3 aromatic rings. The highest BCUT2D eigenvalue weighted by molar-refractivity contribution is 7.17. The zero-order valence-electron chi connectivity index (χ0n) is 13.2. The lowest BCUT2D eigenvalue weighted by Crippen LogP contribution is -2.31. The number of para-hydroxylation sites is 1. The van der Waals surface area contributed by atoms with Crippen LogP contribution in [-0.4, -0.2) is 34.4 Å². The van der Waals surface area contributed by atoms with E-state index in [-0.39, 0.29) is 18.0 Å². The van der Waals surface area contributed by atoms with E-state index in [1.165, 1.54) is 11.3 Å². The first kappa shape index (κ1) is 17.9. The number of H-pyrrole nitrogens is 1. The first-order valence-corrected chi connectivity index (χ1v) is 8.96. The fourth-order valence-corrected chi connectivity index (χ4v) is 3.57. The molecule has 0 saturated heterocycles. The molecule has 2 aromatic heterocycles. The molecule has 0 atom stereocenters. The zero-order chi connectivity index (χ0) is 18.0. The number of fused-ring (bicyclic) bond motifs is 1. The van der Waals surface area contributed by atoms with E-state index in [1.807, 2.05) is 5.38 Å². The Labute approximate surface area is 157 Å². The van der Waals surface area contributed by atoms with Crippen molar-refractivity contribution in [2.24, 2.45) is 0 Å². The van der Waals surface area contributed by atoms with Gasteiger partial charge in [0.1, 0.15) is 10.5 Å². The molecule has 0 aliphatic carbocycles. The lowest BCUT2D eigenvalue weighted by molar-refractivity contribution is -0.117. The van der Waals surface area contributed by atoms with Crippen molar-refractivity contribution in [3.05, 3.63) is 55.9 Å². The van der Waals surface area contributed by atoms with E-state index in [4.69, 9.17) is 23.2 Å². The van der Waals surface area contributed by atoms with Crippen molar-refractivity contribution >= 4 is 56.3 Å². The largest absolute Gasteiger partial charge is 0.322 e. The number of carbonyl (C=O) groups excluding carboxylic acids is 1. The molecule has 0 radical (unpaired) electrons. The Hall–Kier alpha value is -1.93. The number of amides is 1. The molecule has 25 heavy (non-hydrogen) atoms. The van der Waals surface area contributed by atoms with Crippen LogP contribution in [-0.2, 0) is 11.3 Å². The van der Waals surface area contributed by atoms with Gasteiger partial charge < -0.3 is 10.3 Å². The number of benzene rings is 1. The molecule has 0 aliphatic rings. The molecule has 2 N–H and O–H groups in total. The number of nitrogens with zero attached hydrogens (tertiary/aromatic N) is 2. The van der Waals surface area contributed by atoms with Crippen molar-refractivity contribution in [3.8, 4) is 0 Å². The van der Waals surface area contributed by atoms with E-state index in [1.54, 1.807) is 36.2 Å². The number of aromatic amines is 1. The molecule has 1 amide bonds. The summed E-state index contributed by atoms with van der Waals surface area (Å²) in [6.45, 7) is 0.414. The monoisotopic (exact) mass is 396 g/mol. The van der Waals surface area contributed by atoms with Gasteiger partial charge >= 0.3 is 0 Å². The molecular weight excluding hydrogens is 383 g/mol. The molecule has 0 saturated carbocycles. The van der Waals surface area contributed by atoms with Gasteiger partial charge in [-0.25, -0.2) is 4.98 Å². The van der Waals surface area contributed by atoms with Gasteiger partial charge in [0.25, 0.3) is 5.56 Å². The van der Waals surface area contributed by atoms with Crippen LogP contribution >= 0.6 is 34.5 Å². The third-order valence-corrected chi connectivity index (χ3v) is 4.96. The van der Waals surface area contributed by atoms with Crippen molar-refractivity contribution in [2.45, 2.75) is 6.54 Å². The van der Waals surface area contributed by atoms with E-state index >= 15 is 0 Å². The zero-order valence-corrected chi connectivity index (χ0v) is 15.5. The summed E-state index contributed by atoms with van der Waals surface area (Å²) in [5, 5.41) is 5.26. The molecule has 3 rings (SSSR count). The van der Waals surface area contributed by atoms with Crippen LogP contribution < -0.4 is 10.9 Å². The van der Waals surface area contributed by atoms with Gasteiger partial charge in [-0.05, 0) is 30.6 Å². The molecule has 2 heterocycles. The second-order valence-electron chi connectivity index (χ2n) is 5.46. The summed E-state index contributed by atoms with van der Waals surface area (Å²) in [6.07, 6.45) is 0. The number of hydrogen-bond acceptors (Lipinski definition) is 5. The molecule has 1 aromatic carbocycles. The smallest absolute Gasteiger partial charge is 0.268 e. The molecule has 0 bridgehead atoms. The average Bonchev–Trinajstić information content (AvgIpc) is 3.00. The number of halogens is 2. The van der Waals surface area contributed by atoms with E-state index in [2.05, 4.69) is 15.3 Å². The van der Waals surface area contributed by atoms with Gasteiger partial charge in [-0.15, -0.1) is 11.3 Å². The van der Waals surface area contributed by atoms with Crippen LogP contribution in [0.3, 0.4) is 0 Å². The van der Waals surface area contributed by atoms with Gasteiger partial charge in [-0.3, -0.25) is 14.5 Å². The van der Waals surface area contributed by atoms with Crippen molar-refractivity contribution in [3.63, 3.8) is 0 Å². The number of thiophene rings is 1. The SMILES string of the molecule is CN(CC(=O)Nc1c(Cl)cccc1Cl)Cc1nc2ccsc2c(=O)[nH]1. The maximum absolute atomic E-state index is 12.2. The van der Waals surface area contributed by atoms with Gasteiger partial charge in [-0.1, -0.05) is 29.3 Å². The number of likely N-dealkylation sites (N-methyl/N-ethyl adjacent to an activating group) is 1. The quantitative estimate of drug-likeness (QED) is 0.692. The van der Waals surface area contributed by atoms with Gasteiger partial charge in [0.2, 0.25) is 5.91 Å². The molecule has 6 nitrogen and oxygen atoms in total. The predicted molar refractivity (Wildman–Crippen MR) is 102 cm³/mol. The maximum atomic E-state index is 12.2. The van der Waals surface area contributed by atoms with E-state index in [0.29, 0.717) is 38.3 Å². The van der Waals surface area contributed by atoms with Crippen LogP contribution in [0, 0.1) is 0 Å². The Morgan fingerprint density at radius 1 is 1.32 bits per heavy atom. The second-order valence-corrected chi connectivity index (χ2v) is 7.20. The number of aromatic nitrogens is 2. The first-order chi connectivity index (χ1) is 11.9. The molecular formula is C16H14Cl2N4O2S. The fourth-order valence-electron chi connectivity index (χ4n) is 2.35. The number of carbonyl (C=O) groups is 1. The first-order valence-electron chi connectivity index (χ1n) is 7.33. The molecule has 130 valence electrons. The lowest BCUT2D eigenvalue weighted by Gasteiger charge is -2.16. The summed E-state index contributed by atoms with van der Waals surface area (Å²) in [4.78, 5) is 33.0. The molecule has 0 spiro atoms. The summed E-state index contributed by atoms with van der Waals surface area (Å²) in [5.41, 5.74) is 0.871. The van der Waals surface area contributed by atoms with Gasteiger partial charge in [0.15, 0.2) is 0 Å². The summed E-state index contributed by atoms with van der Waals surface area (Å²) >= 11 is 13.4. The standard InChI is InChI=1S/C16H14Cl2N4O2S/c1-22(7-12-19-11-5-6-25-15(11)16(24)20-12)8-13(23)21-14-9(17)3-2-4-10(14)18/h2-6H,7-8H2,1H3,(H,21,23)(H,19,20,24). The van der Waals surface area contributed by atoms with Crippen molar-refractivity contribution < 1.29 is 4.79 Å². The van der Waals surface area contributed by atoms with Crippen LogP contribution in [0.1, 0.15) is 5.82 Å². The van der Waals surface area contributed by atoms with Crippen LogP contribution in [0.15, 0.2) is 34.4 Å². The third-order valence-electron chi connectivity index (χ3n) is 3.42. The molecule has 9 heteroatoms. The molecule has 0 aliphatic heterocycles. The summed E-state index contributed by atoms with van der Waals surface area (Å²) < 4.78 is 0.595. The Kier molecular flexibility index (Phi) is 5.39. The minimum Gasteiger partial charge on any atom is -0.322 e. The van der Waals surface area contributed by atoms with Crippen molar-refractivity contribution in [2.75, 3.05) is 18.9 Å². The summed E-state index contributed by atoms with van der Waals surface area (Å²) in [5.74, 6) is 0.235. The van der Waals surface area contributed by atoms with E-state index < -0.39 is 0 Å². The number of nitrogens with one attached hydrogen (secondary N) is 2. The van der Waals surface area contributed by atoms with Crippen LogP contribution in [0.2, 0.25) is 10.0 Å². The number of hydrogen-bond donors (Lipinski definition) is 2. The van der Waals surface area contributed by atoms with Gasteiger partial charge in [0.05, 0.1) is 34.3 Å². The fraction of sp³-hybridized carbons (Fsp3) is 0.188. The highest BCUT2D eigenvalue weighted by Crippen LogP contribution is 2.29. The Morgan fingerprint density at radius 3 is 2.76 bits per heavy atom. The number of anilines is 1. The van der Waals surface area contributed by atoms with Crippen LogP contribution in [0.25, 0.3) is 10.2 Å². The third kappa shape index (κ3) is 4.19. The van der Waals surface area contributed by atoms with E-state index in [9.17, 15) is 9.59 Å². The normalized spacial score (nSPS) is 11.2. The average molecular weight is 397 g/mol. The van der Waals surface area contributed by atoms with E-state index in [0.717, 1.165) is 0 Å². The van der Waals surface area contributed by atoms with Crippen LogP contribution in [0.5, 0.6) is 0 Å². The maximum Gasteiger partial charge on any atom is 0.268 e. The highest BCUT2D eigenvalue weighted by Gasteiger charge is 2.13. The summed E-state index contributed by atoms with van der Waals surface area (Å²) in [7, 11) is 1.76. The van der Waals surface area contributed by atoms with Crippen LogP contribution in [0.4, 0.5) is 5.69 Å². The molecule has 0 fully saturated rings. The van der Waals surface area contributed by atoms with Gasteiger partial charge in [-0.2, -0.15) is 0 Å². The Balaban J connectivity index is 1.66. The minimum atomic E-state index is -0.267. The lowest BCUT2D eigenvalue weighted by atomic mass is 10.3. The molecule has 0 unspecified atom stereocenters. The summed E-state index contributed by atoms with van der Waals surface area (Å²) in [6, 6.07) is 6.80. The topological polar surface area (TPSA) is 78.1 Å². The predicted octanol–water partition coefficient (Wildman–Crippen LogP) is 3.36.